The number of carbonyl (C=O) groups excluding carboxylic acids is 1. The first kappa shape index (κ1) is 15.7. The molecule has 1 aliphatic heterocycles. The van der Waals surface area contributed by atoms with E-state index in [1.165, 1.54) is 6.07 Å². The number of amides is 1. The smallest absolute Gasteiger partial charge is 0.244 e. The second-order valence-electron chi connectivity index (χ2n) is 4.83. The molecule has 0 saturated carbocycles. The summed E-state index contributed by atoms with van der Waals surface area (Å²) in [5.74, 6) is -0.722. The topological polar surface area (TPSA) is 116 Å². The van der Waals surface area contributed by atoms with Gasteiger partial charge in [-0.05, 0) is 24.1 Å². The molecule has 1 aromatic carbocycles. The van der Waals surface area contributed by atoms with Gasteiger partial charge >= 0.3 is 0 Å². The molecule has 1 aliphatic rings. The molecule has 1 fully saturated rings. The van der Waals surface area contributed by atoms with Gasteiger partial charge in [0.2, 0.25) is 15.9 Å². The van der Waals surface area contributed by atoms with Crippen LogP contribution in [0.5, 0.6) is 0 Å². The predicted molar refractivity (Wildman–Crippen MR) is 77.9 cm³/mol. The lowest BCUT2D eigenvalue weighted by atomic mass is 10.1. The number of nitrogens with two attached hydrogens (primary N) is 2. The van der Waals surface area contributed by atoms with Gasteiger partial charge in [0.15, 0.2) is 0 Å². The van der Waals surface area contributed by atoms with Crippen LogP contribution < -0.4 is 11.5 Å². The number of nitrogen functional groups attached to an aromatic ring is 1. The number of primary amides is 1. The number of rotatable bonds is 4. The normalized spacial score (nSPS) is 20.3. The second kappa shape index (κ2) is 6.00. The molecule has 4 N–H and O–H groups in total. The highest BCUT2D eigenvalue weighted by atomic mass is 32.2. The zero-order chi connectivity index (χ0) is 15.6. The maximum atomic E-state index is 12.8. The van der Waals surface area contributed by atoms with Gasteiger partial charge in [-0.2, -0.15) is 4.31 Å². The Morgan fingerprint density at radius 1 is 1.48 bits per heavy atom. The van der Waals surface area contributed by atoms with E-state index in [0.29, 0.717) is 17.7 Å². The predicted octanol–water partition coefficient (Wildman–Crippen LogP) is -0.294. The Bertz CT molecular complexity index is 645. The van der Waals surface area contributed by atoms with Crippen molar-refractivity contribution in [2.24, 2.45) is 5.73 Å². The molecular weight excluding hydrogens is 294 g/mol. The maximum Gasteiger partial charge on any atom is 0.244 e. The van der Waals surface area contributed by atoms with Gasteiger partial charge in [-0.25, -0.2) is 8.42 Å². The molecule has 0 aliphatic carbocycles. The van der Waals surface area contributed by atoms with E-state index >= 15 is 0 Å². The lowest BCUT2D eigenvalue weighted by molar-refractivity contribution is -0.125. The Morgan fingerprint density at radius 3 is 2.81 bits per heavy atom. The molecule has 1 saturated heterocycles. The summed E-state index contributed by atoms with van der Waals surface area (Å²) in [6.45, 7) is 2.15. The summed E-state index contributed by atoms with van der Waals surface area (Å²) in [6, 6.07) is 3.77. The van der Waals surface area contributed by atoms with E-state index in [9.17, 15) is 13.2 Å². The number of carbonyl (C=O) groups is 1. The summed E-state index contributed by atoms with van der Waals surface area (Å²) in [4.78, 5) is 11.6. The first-order valence-electron chi connectivity index (χ1n) is 6.65. The second-order valence-corrected chi connectivity index (χ2v) is 6.69. The molecule has 0 bridgehead atoms. The minimum Gasteiger partial charge on any atom is -0.399 e. The van der Waals surface area contributed by atoms with Crippen LogP contribution in [0.3, 0.4) is 0 Å². The zero-order valence-electron chi connectivity index (χ0n) is 11.8. The van der Waals surface area contributed by atoms with Crippen LogP contribution >= 0.6 is 0 Å². The summed E-state index contributed by atoms with van der Waals surface area (Å²) in [5, 5.41) is 0. The Hall–Kier alpha value is -1.64. The molecule has 7 nitrogen and oxygen atoms in total. The van der Waals surface area contributed by atoms with Crippen molar-refractivity contribution in [1.29, 1.82) is 0 Å². The van der Waals surface area contributed by atoms with Crippen LogP contribution in [0, 0.1) is 0 Å². The van der Waals surface area contributed by atoms with Gasteiger partial charge in [0.1, 0.15) is 6.04 Å². The quantitative estimate of drug-likeness (QED) is 0.741. The average molecular weight is 313 g/mol. The Labute approximate surface area is 123 Å². The Balaban J connectivity index is 2.50. The number of morpholine rings is 1. The molecular formula is C13H19N3O4S. The number of aryl methyl sites for hydroxylation is 1. The minimum absolute atomic E-state index is 0.0294. The number of hydrogen-bond donors (Lipinski definition) is 2. The van der Waals surface area contributed by atoms with Crippen LogP contribution in [0.25, 0.3) is 0 Å². The van der Waals surface area contributed by atoms with Crippen LogP contribution in [0.4, 0.5) is 5.69 Å². The van der Waals surface area contributed by atoms with Crippen molar-refractivity contribution < 1.29 is 17.9 Å². The third-order valence-corrected chi connectivity index (χ3v) is 5.46. The van der Waals surface area contributed by atoms with Crippen molar-refractivity contribution in [2.45, 2.75) is 24.3 Å². The van der Waals surface area contributed by atoms with Gasteiger partial charge in [0.25, 0.3) is 0 Å². The largest absolute Gasteiger partial charge is 0.399 e. The van der Waals surface area contributed by atoms with E-state index in [0.717, 1.165) is 4.31 Å². The van der Waals surface area contributed by atoms with Gasteiger partial charge in [0.05, 0.1) is 18.1 Å². The van der Waals surface area contributed by atoms with Crippen molar-refractivity contribution >= 4 is 21.6 Å². The van der Waals surface area contributed by atoms with E-state index in [-0.39, 0.29) is 24.7 Å². The lowest BCUT2D eigenvalue weighted by Gasteiger charge is -2.33. The van der Waals surface area contributed by atoms with Crippen molar-refractivity contribution in [3.8, 4) is 0 Å². The SMILES string of the molecule is CCc1ccc(N)cc1S(=O)(=O)N1CCOCC1C(N)=O. The van der Waals surface area contributed by atoms with Gasteiger partial charge in [-0.3, -0.25) is 4.79 Å². The van der Waals surface area contributed by atoms with E-state index in [2.05, 4.69) is 0 Å². The van der Waals surface area contributed by atoms with Crippen molar-refractivity contribution in [2.75, 3.05) is 25.5 Å². The minimum atomic E-state index is -3.85. The molecule has 1 aromatic rings. The lowest BCUT2D eigenvalue weighted by Crippen LogP contribution is -2.54. The van der Waals surface area contributed by atoms with E-state index < -0.39 is 22.0 Å². The highest BCUT2D eigenvalue weighted by molar-refractivity contribution is 7.89. The van der Waals surface area contributed by atoms with Crippen LogP contribution in [0.1, 0.15) is 12.5 Å². The van der Waals surface area contributed by atoms with Crippen molar-refractivity contribution in [3.63, 3.8) is 0 Å². The number of hydrogen-bond acceptors (Lipinski definition) is 5. The summed E-state index contributed by atoms with van der Waals surface area (Å²) < 4.78 is 31.9. The molecule has 8 heteroatoms. The van der Waals surface area contributed by atoms with Crippen LogP contribution in [-0.4, -0.2) is 44.4 Å². The summed E-state index contributed by atoms with van der Waals surface area (Å²) in [6.07, 6.45) is 0.542. The van der Waals surface area contributed by atoms with Gasteiger partial charge < -0.3 is 16.2 Å². The average Bonchev–Trinajstić information content (AvgIpc) is 2.47. The fourth-order valence-electron chi connectivity index (χ4n) is 2.33. The molecule has 2 rings (SSSR count). The molecule has 1 atom stereocenters. The van der Waals surface area contributed by atoms with Crippen LogP contribution in [-0.2, 0) is 26.0 Å². The summed E-state index contributed by atoms with van der Waals surface area (Å²) in [7, 11) is -3.85. The molecule has 1 amide bonds. The van der Waals surface area contributed by atoms with E-state index in [4.69, 9.17) is 16.2 Å². The van der Waals surface area contributed by atoms with Gasteiger partial charge in [0, 0.05) is 12.2 Å². The van der Waals surface area contributed by atoms with Crippen molar-refractivity contribution in [1.82, 2.24) is 4.31 Å². The first-order valence-corrected chi connectivity index (χ1v) is 8.09. The highest BCUT2D eigenvalue weighted by Gasteiger charge is 2.38. The number of sulfonamides is 1. The number of ether oxygens (including phenoxy) is 1. The maximum absolute atomic E-state index is 12.8. The molecule has 0 spiro atoms. The molecule has 0 aromatic heterocycles. The Kier molecular flexibility index (Phi) is 4.50. The Morgan fingerprint density at radius 2 is 2.19 bits per heavy atom. The third kappa shape index (κ3) is 3.02. The van der Waals surface area contributed by atoms with Gasteiger partial charge in [-0.1, -0.05) is 13.0 Å². The van der Waals surface area contributed by atoms with Crippen LogP contribution in [0.15, 0.2) is 23.1 Å². The van der Waals surface area contributed by atoms with E-state index in [1.807, 2.05) is 6.92 Å². The first-order chi connectivity index (χ1) is 9.87. The number of nitrogens with zero attached hydrogens (tertiary/aromatic N) is 1. The molecule has 1 unspecified atom stereocenters. The third-order valence-electron chi connectivity index (χ3n) is 3.47. The van der Waals surface area contributed by atoms with Crippen molar-refractivity contribution in [3.05, 3.63) is 23.8 Å². The van der Waals surface area contributed by atoms with E-state index in [1.54, 1.807) is 12.1 Å². The van der Waals surface area contributed by atoms with Crippen LogP contribution in [0.2, 0.25) is 0 Å². The molecule has 21 heavy (non-hydrogen) atoms. The fraction of sp³-hybridized carbons (Fsp3) is 0.462. The zero-order valence-corrected chi connectivity index (χ0v) is 12.6. The summed E-state index contributed by atoms with van der Waals surface area (Å²) >= 11 is 0. The molecule has 0 radical (unpaired) electrons. The standard InChI is InChI=1S/C13H19N3O4S/c1-2-9-3-4-10(14)7-12(9)21(18,19)16-5-6-20-8-11(16)13(15)17/h3-4,7,11H,2,5-6,8,14H2,1H3,(H2,15,17). The number of anilines is 1. The molecule has 116 valence electrons. The fourth-order valence-corrected chi connectivity index (χ4v) is 4.23. The summed E-state index contributed by atoms with van der Waals surface area (Å²) in [5.41, 5.74) is 12.0. The molecule has 1 heterocycles. The number of benzene rings is 1. The van der Waals surface area contributed by atoms with Gasteiger partial charge in [-0.15, -0.1) is 0 Å². The highest BCUT2D eigenvalue weighted by Crippen LogP contribution is 2.26. The monoisotopic (exact) mass is 313 g/mol.